The monoisotopic (exact) mass is 407 g/mol. The molecule has 19 heavy (non-hydrogen) atoms. The van der Waals surface area contributed by atoms with Gasteiger partial charge >= 0.3 is 0 Å². The normalized spacial score (nSPS) is 14.5. The van der Waals surface area contributed by atoms with Gasteiger partial charge in [-0.05, 0) is 32.9 Å². The van der Waals surface area contributed by atoms with Crippen LogP contribution in [0, 0.1) is 0 Å². The molecular formula is C11H13BrCl3NO2S. The van der Waals surface area contributed by atoms with Gasteiger partial charge in [0.1, 0.15) is 4.90 Å². The summed E-state index contributed by atoms with van der Waals surface area (Å²) in [6.45, 7) is 5.07. The highest BCUT2D eigenvalue weighted by Gasteiger charge is 2.32. The molecule has 0 heterocycles. The molecule has 1 atom stereocenters. The Balaban J connectivity index is 3.30. The van der Waals surface area contributed by atoms with E-state index in [0.717, 1.165) is 0 Å². The van der Waals surface area contributed by atoms with E-state index in [1.807, 2.05) is 0 Å². The quantitative estimate of drug-likeness (QED) is 0.748. The molecule has 0 aliphatic rings. The highest BCUT2D eigenvalue weighted by molar-refractivity contribution is 9.10. The third kappa shape index (κ3) is 4.22. The van der Waals surface area contributed by atoms with Gasteiger partial charge < -0.3 is 0 Å². The Bertz CT molecular complexity index is 565. The molecule has 3 nitrogen and oxygen atoms in total. The summed E-state index contributed by atoms with van der Waals surface area (Å²) in [5, 5.41) is -0.315. The Morgan fingerprint density at radius 1 is 1.26 bits per heavy atom. The average molecular weight is 410 g/mol. The van der Waals surface area contributed by atoms with Crippen molar-refractivity contribution < 1.29 is 8.42 Å². The molecule has 0 radical (unpaired) electrons. The summed E-state index contributed by atoms with van der Waals surface area (Å²) < 4.78 is 27.8. The number of alkyl halides is 1. The number of sulfonamides is 1. The highest BCUT2D eigenvalue weighted by atomic mass is 79.9. The number of hydrogen-bond acceptors (Lipinski definition) is 2. The van der Waals surface area contributed by atoms with Crippen molar-refractivity contribution in [1.29, 1.82) is 0 Å². The van der Waals surface area contributed by atoms with Crippen molar-refractivity contribution in [1.82, 2.24) is 4.72 Å². The minimum absolute atomic E-state index is 0.0462. The smallest absolute Gasteiger partial charge is 0.207 e. The van der Waals surface area contributed by atoms with Gasteiger partial charge in [0.15, 0.2) is 0 Å². The molecule has 1 aromatic rings. The Hall–Kier alpha value is 0.480. The van der Waals surface area contributed by atoms with Gasteiger partial charge in [-0.2, -0.15) is 0 Å². The summed E-state index contributed by atoms with van der Waals surface area (Å²) in [6.07, 6.45) is 0. The molecule has 0 aliphatic carbocycles. The molecule has 108 valence electrons. The minimum Gasteiger partial charge on any atom is -0.207 e. The van der Waals surface area contributed by atoms with Gasteiger partial charge in [0.05, 0.1) is 10.0 Å². The average Bonchev–Trinajstić information content (AvgIpc) is 2.12. The van der Waals surface area contributed by atoms with Crippen LogP contribution in [0.5, 0.6) is 0 Å². The van der Waals surface area contributed by atoms with E-state index in [2.05, 4.69) is 20.7 Å². The first kappa shape index (κ1) is 17.5. The second kappa shape index (κ2) is 6.08. The van der Waals surface area contributed by atoms with E-state index in [9.17, 15) is 8.42 Å². The number of halogens is 4. The van der Waals surface area contributed by atoms with Crippen molar-refractivity contribution in [2.45, 2.75) is 36.6 Å². The van der Waals surface area contributed by atoms with Gasteiger partial charge in [-0.3, -0.25) is 0 Å². The lowest BCUT2D eigenvalue weighted by molar-refractivity contribution is 0.445. The summed E-state index contributed by atoms with van der Waals surface area (Å²) in [6, 6.07) is 2.94. The van der Waals surface area contributed by atoms with Gasteiger partial charge in [0, 0.05) is 15.4 Å². The first-order valence-corrected chi connectivity index (χ1v) is 8.77. The maximum atomic E-state index is 12.4. The fourth-order valence-corrected chi connectivity index (χ4v) is 4.80. The van der Waals surface area contributed by atoms with Crippen LogP contribution in [0.1, 0.15) is 20.8 Å². The molecule has 1 N–H and O–H groups in total. The maximum absolute atomic E-state index is 12.4. The fourth-order valence-electron chi connectivity index (χ4n) is 1.26. The van der Waals surface area contributed by atoms with Gasteiger partial charge in [-0.25, -0.2) is 13.1 Å². The Kier molecular flexibility index (Phi) is 5.61. The molecule has 0 amide bonds. The zero-order valence-electron chi connectivity index (χ0n) is 10.5. The zero-order chi connectivity index (χ0) is 15.0. The van der Waals surface area contributed by atoms with E-state index in [0.29, 0.717) is 4.47 Å². The highest BCUT2D eigenvalue weighted by Crippen LogP contribution is 2.33. The molecule has 0 fully saturated rings. The van der Waals surface area contributed by atoms with Crippen LogP contribution in [0.25, 0.3) is 0 Å². The molecular weight excluding hydrogens is 396 g/mol. The third-order valence-electron chi connectivity index (χ3n) is 2.62. The first-order valence-electron chi connectivity index (χ1n) is 5.30. The largest absolute Gasteiger partial charge is 0.244 e. The van der Waals surface area contributed by atoms with Gasteiger partial charge in [-0.1, -0.05) is 39.1 Å². The van der Waals surface area contributed by atoms with Gasteiger partial charge in [0.2, 0.25) is 10.0 Å². The molecule has 1 rings (SSSR count). The van der Waals surface area contributed by atoms with E-state index in [1.54, 1.807) is 20.8 Å². The Morgan fingerprint density at radius 3 is 2.05 bits per heavy atom. The fraction of sp³-hybridized carbons (Fsp3) is 0.455. The SMILES string of the molecule is CC(Cl)C(C)(C)NS(=O)(=O)c1c(Cl)cc(Br)cc1Cl. The third-order valence-corrected chi connectivity index (χ3v) is 6.22. The lowest BCUT2D eigenvalue weighted by atomic mass is 10.0. The molecule has 0 bridgehead atoms. The molecule has 1 unspecified atom stereocenters. The second-order valence-electron chi connectivity index (χ2n) is 4.64. The number of rotatable bonds is 4. The zero-order valence-corrected chi connectivity index (χ0v) is 15.1. The predicted octanol–water partition coefficient (Wildman–Crippen LogP) is 4.44. The summed E-state index contributed by atoms with van der Waals surface area (Å²) in [5.41, 5.74) is -0.833. The second-order valence-corrected chi connectivity index (χ2v) is 8.65. The van der Waals surface area contributed by atoms with Crippen LogP contribution in [-0.2, 0) is 10.0 Å². The van der Waals surface area contributed by atoms with E-state index in [4.69, 9.17) is 34.8 Å². The summed E-state index contributed by atoms with van der Waals surface area (Å²) in [4.78, 5) is -0.149. The molecule has 0 aromatic heterocycles. The molecule has 0 aliphatic heterocycles. The molecule has 0 saturated carbocycles. The van der Waals surface area contributed by atoms with Crippen LogP contribution in [0.4, 0.5) is 0 Å². The Labute approximate surface area is 136 Å². The minimum atomic E-state index is -3.86. The Morgan fingerprint density at radius 2 is 1.68 bits per heavy atom. The molecule has 1 aromatic carbocycles. The summed E-state index contributed by atoms with van der Waals surface area (Å²) in [7, 11) is -3.86. The van der Waals surface area contributed by atoms with E-state index < -0.39 is 20.9 Å². The first-order chi connectivity index (χ1) is 8.47. The van der Waals surface area contributed by atoms with Crippen LogP contribution in [-0.4, -0.2) is 19.3 Å². The van der Waals surface area contributed by atoms with Gasteiger partial charge in [-0.15, -0.1) is 11.6 Å². The van der Waals surface area contributed by atoms with Crippen LogP contribution in [0.3, 0.4) is 0 Å². The molecule has 8 heteroatoms. The number of hydrogen-bond donors (Lipinski definition) is 1. The maximum Gasteiger partial charge on any atom is 0.244 e. The van der Waals surface area contributed by atoms with Crippen molar-refractivity contribution >= 4 is 60.8 Å². The number of benzene rings is 1. The topological polar surface area (TPSA) is 46.2 Å². The van der Waals surface area contributed by atoms with Crippen molar-refractivity contribution in [2.75, 3.05) is 0 Å². The van der Waals surface area contributed by atoms with Crippen molar-refractivity contribution in [3.05, 3.63) is 26.7 Å². The summed E-state index contributed by atoms with van der Waals surface area (Å²) in [5.74, 6) is 0. The van der Waals surface area contributed by atoms with Crippen molar-refractivity contribution in [3.63, 3.8) is 0 Å². The van der Waals surface area contributed by atoms with Crippen molar-refractivity contribution in [3.8, 4) is 0 Å². The lowest BCUT2D eigenvalue weighted by Crippen LogP contribution is -2.48. The lowest BCUT2D eigenvalue weighted by Gasteiger charge is -2.28. The standard InChI is InChI=1S/C11H13BrCl3NO2S/c1-6(13)11(2,3)16-19(17,18)10-8(14)4-7(12)5-9(10)15/h4-6,16H,1-3H3. The summed E-state index contributed by atoms with van der Waals surface area (Å²) >= 11 is 21.1. The molecule has 0 saturated heterocycles. The molecule has 0 spiro atoms. The predicted molar refractivity (Wildman–Crippen MR) is 83.9 cm³/mol. The van der Waals surface area contributed by atoms with Crippen LogP contribution >= 0.6 is 50.7 Å². The van der Waals surface area contributed by atoms with Crippen LogP contribution in [0.15, 0.2) is 21.5 Å². The van der Waals surface area contributed by atoms with Gasteiger partial charge in [0.25, 0.3) is 0 Å². The van der Waals surface area contributed by atoms with E-state index in [1.165, 1.54) is 12.1 Å². The van der Waals surface area contributed by atoms with E-state index in [-0.39, 0.29) is 14.9 Å². The van der Waals surface area contributed by atoms with Crippen LogP contribution in [0.2, 0.25) is 10.0 Å². The van der Waals surface area contributed by atoms with Crippen LogP contribution < -0.4 is 4.72 Å². The van der Waals surface area contributed by atoms with E-state index >= 15 is 0 Å². The van der Waals surface area contributed by atoms with Crippen molar-refractivity contribution in [2.24, 2.45) is 0 Å². The number of nitrogens with one attached hydrogen (secondary N) is 1.